The number of benzene rings is 1. The van der Waals surface area contributed by atoms with E-state index in [1.54, 1.807) is 18.2 Å². The maximum Gasteiger partial charge on any atom is 0.217 e. The fourth-order valence-electron chi connectivity index (χ4n) is 5.99. The summed E-state index contributed by atoms with van der Waals surface area (Å²) in [6.07, 6.45) is 2.69. The summed E-state index contributed by atoms with van der Waals surface area (Å²) in [6.45, 7) is 2.11. The molecular weight excluding hydrogens is 408 g/mol. The molecule has 4 rings (SSSR count). The fourth-order valence-corrected chi connectivity index (χ4v) is 5.99. The van der Waals surface area contributed by atoms with E-state index in [4.69, 9.17) is 24.4 Å². The molecule has 8 nitrogen and oxygen atoms in total. The van der Waals surface area contributed by atoms with Gasteiger partial charge in [0.05, 0.1) is 38.3 Å². The molecule has 166 valence electrons. The second kappa shape index (κ2) is 7.69. The monoisotopic (exact) mass is 434 g/mol. The Morgan fingerprint density at radius 2 is 1.91 bits per heavy atom. The third-order valence-corrected chi connectivity index (χ3v) is 7.43. The first-order valence-electron chi connectivity index (χ1n) is 10.8. The van der Waals surface area contributed by atoms with Crippen LogP contribution < -0.4 is 9.47 Å². The molecule has 1 N–H and O–H groups in total. The summed E-state index contributed by atoms with van der Waals surface area (Å²) in [6, 6.07) is 11.6. The van der Waals surface area contributed by atoms with Gasteiger partial charge in [-0.1, -0.05) is 31.9 Å². The molecule has 3 aliphatic rings. The van der Waals surface area contributed by atoms with Crippen molar-refractivity contribution in [2.45, 2.75) is 50.9 Å². The lowest BCUT2D eigenvalue weighted by atomic mass is 9.50. The Balaban J connectivity index is 1.97. The Labute approximate surface area is 187 Å². The molecule has 1 saturated carbocycles. The van der Waals surface area contributed by atoms with Gasteiger partial charge in [-0.2, -0.15) is 15.8 Å². The lowest BCUT2D eigenvalue weighted by Gasteiger charge is -2.52. The number of methoxy groups -OCH3 is 2. The molecule has 2 saturated heterocycles. The van der Waals surface area contributed by atoms with E-state index in [1.807, 2.05) is 0 Å². The molecule has 5 unspecified atom stereocenters. The number of nitrogens with one attached hydrogen (secondary N) is 1. The molecular formula is C24H26N4O4. The highest BCUT2D eigenvalue weighted by Crippen LogP contribution is 2.70. The quantitative estimate of drug-likeness (QED) is 0.733. The van der Waals surface area contributed by atoms with Gasteiger partial charge in [-0.3, -0.25) is 5.41 Å². The normalized spacial score (nSPS) is 34.2. The minimum absolute atomic E-state index is 0.321. The summed E-state index contributed by atoms with van der Waals surface area (Å²) in [5, 5.41) is 40.0. The van der Waals surface area contributed by atoms with Crippen LogP contribution in [0.4, 0.5) is 0 Å². The van der Waals surface area contributed by atoms with Gasteiger partial charge >= 0.3 is 0 Å². The first-order chi connectivity index (χ1) is 15.4. The van der Waals surface area contributed by atoms with E-state index in [9.17, 15) is 15.8 Å². The highest BCUT2D eigenvalue weighted by atomic mass is 16.7. The average Bonchev–Trinajstić information content (AvgIpc) is 3.02. The summed E-state index contributed by atoms with van der Waals surface area (Å²) in [5.74, 6) is -1.10. The predicted octanol–water partition coefficient (Wildman–Crippen LogP) is 4.24. The Hall–Kier alpha value is -3.28. The van der Waals surface area contributed by atoms with Gasteiger partial charge in [0.2, 0.25) is 17.1 Å². The smallest absolute Gasteiger partial charge is 0.217 e. The lowest BCUT2D eigenvalue weighted by Crippen LogP contribution is -2.61. The summed E-state index contributed by atoms with van der Waals surface area (Å²) >= 11 is 0. The van der Waals surface area contributed by atoms with Gasteiger partial charge in [0.25, 0.3) is 0 Å². The predicted molar refractivity (Wildman–Crippen MR) is 112 cm³/mol. The summed E-state index contributed by atoms with van der Waals surface area (Å²) in [7, 11) is 2.96. The van der Waals surface area contributed by atoms with Crippen LogP contribution >= 0.6 is 0 Å². The van der Waals surface area contributed by atoms with Gasteiger partial charge in [0.1, 0.15) is 6.10 Å². The molecule has 2 bridgehead atoms. The van der Waals surface area contributed by atoms with Gasteiger partial charge in [-0.25, -0.2) is 0 Å². The van der Waals surface area contributed by atoms with E-state index < -0.39 is 28.6 Å². The van der Waals surface area contributed by atoms with E-state index in [2.05, 4.69) is 25.1 Å². The number of ether oxygens (including phenoxy) is 4. The maximum atomic E-state index is 10.5. The third-order valence-electron chi connectivity index (χ3n) is 7.43. The van der Waals surface area contributed by atoms with Gasteiger partial charge in [0, 0.05) is 12.0 Å². The first-order valence-corrected chi connectivity index (χ1v) is 10.8. The molecule has 8 heteroatoms. The average molecular weight is 434 g/mol. The topological polar surface area (TPSA) is 132 Å². The molecule has 1 aliphatic carbocycles. The minimum Gasteiger partial charge on any atom is -0.493 e. The van der Waals surface area contributed by atoms with E-state index in [0.717, 1.165) is 19.3 Å². The van der Waals surface area contributed by atoms with Gasteiger partial charge < -0.3 is 18.9 Å². The maximum absolute atomic E-state index is 10.5. The molecule has 1 aromatic rings. The number of nitrogens with zero attached hydrogens (tertiary/aromatic N) is 3. The molecule has 2 heterocycles. The summed E-state index contributed by atoms with van der Waals surface area (Å²) < 4.78 is 23.5. The minimum atomic E-state index is -2.00. The molecule has 32 heavy (non-hydrogen) atoms. The van der Waals surface area contributed by atoms with E-state index in [1.165, 1.54) is 14.2 Å². The highest BCUT2D eigenvalue weighted by Gasteiger charge is 2.81. The Kier molecular flexibility index (Phi) is 5.27. The molecule has 0 aromatic heterocycles. The van der Waals surface area contributed by atoms with Crippen molar-refractivity contribution in [2.75, 3.05) is 14.2 Å². The van der Waals surface area contributed by atoms with E-state index in [0.29, 0.717) is 35.8 Å². The van der Waals surface area contributed by atoms with Crippen LogP contribution in [0.5, 0.6) is 11.5 Å². The Morgan fingerprint density at radius 1 is 1.16 bits per heavy atom. The van der Waals surface area contributed by atoms with Crippen LogP contribution in [0.1, 0.15) is 50.7 Å². The molecule has 0 amide bonds. The molecule has 5 atom stereocenters. The van der Waals surface area contributed by atoms with E-state index >= 15 is 0 Å². The van der Waals surface area contributed by atoms with Crippen molar-refractivity contribution in [3.05, 3.63) is 23.8 Å². The Morgan fingerprint density at radius 3 is 2.50 bits per heavy atom. The highest BCUT2D eigenvalue weighted by molar-refractivity contribution is 5.89. The summed E-state index contributed by atoms with van der Waals surface area (Å²) in [5.41, 5.74) is -3.33. The molecule has 0 spiro atoms. The Bertz CT molecular complexity index is 1050. The van der Waals surface area contributed by atoms with Crippen molar-refractivity contribution in [3.8, 4) is 29.7 Å². The fraction of sp³-hybridized carbons (Fsp3) is 0.583. The van der Waals surface area contributed by atoms with Crippen molar-refractivity contribution in [3.63, 3.8) is 0 Å². The van der Waals surface area contributed by atoms with Gasteiger partial charge in [0.15, 0.2) is 16.9 Å². The van der Waals surface area contributed by atoms with Crippen LogP contribution in [0.2, 0.25) is 0 Å². The lowest BCUT2D eigenvalue weighted by molar-refractivity contribution is -0.299. The number of para-hydroxylation sites is 1. The zero-order valence-electron chi connectivity index (χ0n) is 18.5. The van der Waals surface area contributed by atoms with Crippen LogP contribution in [0, 0.1) is 62.1 Å². The SMILES string of the molecule is CCCC1CCC23OC(=N)C(C#N)(C2C1)C(C#N)(C#N)C(c1cccc(OC)c1OC)O3. The van der Waals surface area contributed by atoms with Crippen molar-refractivity contribution >= 4 is 5.90 Å². The van der Waals surface area contributed by atoms with Crippen molar-refractivity contribution < 1.29 is 18.9 Å². The van der Waals surface area contributed by atoms with Gasteiger partial charge in [-0.05, 0) is 24.8 Å². The first kappa shape index (κ1) is 21.9. The number of rotatable bonds is 5. The van der Waals surface area contributed by atoms with Crippen LogP contribution in [0.3, 0.4) is 0 Å². The van der Waals surface area contributed by atoms with Crippen molar-refractivity contribution in [1.82, 2.24) is 0 Å². The van der Waals surface area contributed by atoms with Crippen LogP contribution in [-0.2, 0) is 9.47 Å². The number of nitriles is 3. The molecule has 3 fully saturated rings. The van der Waals surface area contributed by atoms with Crippen LogP contribution in [-0.4, -0.2) is 25.9 Å². The standard InChI is InChI=1S/C24H26N4O4/c1-4-6-15-9-10-24-18(11-15)23(14-27,21(28)32-24)22(12-25,13-26)20(31-24)16-7-5-8-17(29-2)19(16)30-3/h5,7-8,15,18,20,28H,4,6,9-11H2,1-3H3. The second-order valence-corrected chi connectivity index (χ2v) is 8.76. The molecule has 2 aliphatic heterocycles. The summed E-state index contributed by atoms with van der Waals surface area (Å²) in [4.78, 5) is 0. The molecule has 1 aromatic carbocycles. The number of hydrogen-bond acceptors (Lipinski definition) is 8. The van der Waals surface area contributed by atoms with Crippen LogP contribution in [0.15, 0.2) is 18.2 Å². The van der Waals surface area contributed by atoms with Crippen LogP contribution in [0.25, 0.3) is 0 Å². The molecule has 0 radical (unpaired) electrons. The van der Waals surface area contributed by atoms with Crippen molar-refractivity contribution in [1.29, 1.82) is 21.2 Å². The van der Waals surface area contributed by atoms with Gasteiger partial charge in [-0.15, -0.1) is 0 Å². The zero-order chi connectivity index (χ0) is 23.1. The van der Waals surface area contributed by atoms with Crippen molar-refractivity contribution in [2.24, 2.45) is 22.7 Å². The third kappa shape index (κ3) is 2.52. The largest absolute Gasteiger partial charge is 0.493 e. The zero-order valence-corrected chi connectivity index (χ0v) is 18.5. The second-order valence-electron chi connectivity index (χ2n) is 8.76. The number of hydrogen-bond donors (Lipinski definition) is 1. The van der Waals surface area contributed by atoms with E-state index in [-0.39, 0.29) is 5.90 Å².